The second kappa shape index (κ2) is 6.92. The summed E-state index contributed by atoms with van der Waals surface area (Å²) in [7, 11) is -3.58. The van der Waals surface area contributed by atoms with Gasteiger partial charge in [-0.25, -0.2) is 8.42 Å². The molecule has 1 N–H and O–H groups in total. The van der Waals surface area contributed by atoms with Gasteiger partial charge in [-0.3, -0.25) is 14.3 Å². The minimum atomic E-state index is -3.58. The molecular weight excluding hydrogens is 352 g/mol. The summed E-state index contributed by atoms with van der Waals surface area (Å²) >= 11 is 0. The summed E-state index contributed by atoms with van der Waals surface area (Å²) < 4.78 is 25.1. The van der Waals surface area contributed by atoms with E-state index < -0.39 is 21.8 Å². The first-order chi connectivity index (χ1) is 12.3. The van der Waals surface area contributed by atoms with Crippen molar-refractivity contribution in [2.75, 3.05) is 10.7 Å². The molecule has 1 heterocycles. The number of carbonyl (C=O) groups excluding carboxylic acids is 2. The molecule has 2 aromatic carbocycles. The molecule has 1 aliphatic rings. The van der Waals surface area contributed by atoms with E-state index in [4.69, 9.17) is 0 Å². The van der Waals surface area contributed by atoms with E-state index in [1.165, 1.54) is 6.92 Å². The van der Waals surface area contributed by atoms with E-state index in [1.807, 2.05) is 24.3 Å². The highest BCUT2D eigenvalue weighted by molar-refractivity contribution is 7.90. The molecule has 2 amide bonds. The number of nitrogens with zero attached hydrogens (tertiary/aromatic N) is 1. The molecule has 1 atom stereocenters. The van der Waals surface area contributed by atoms with Gasteiger partial charge < -0.3 is 4.90 Å². The van der Waals surface area contributed by atoms with Gasteiger partial charge in [0.05, 0.1) is 18.2 Å². The molecule has 0 fully saturated rings. The molecule has 0 bridgehead atoms. The Hall–Kier alpha value is -2.67. The van der Waals surface area contributed by atoms with Crippen LogP contribution in [0.3, 0.4) is 0 Å². The average Bonchev–Trinajstić information content (AvgIpc) is 2.98. The van der Waals surface area contributed by atoms with E-state index in [-0.39, 0.29) is 11.7 Å². The van der Waals surface area contributed by atoms with Gasteiger partial charge in [-0.1, -0.05) is 30.3 Å². The van der Waals surface area contributed by atoms with E-state index in [0.717, 1.165) is 11.3 Å². The third-order valence-corrected chi connectivity index (χ3v) is 5.83. The zero-order valence-electron chi connectivity index (χ0n) is 14.6. The Labute approximate surface area is 152 Å². The van der Waals surface area contributed by atoms with Crippen LogP contribution in [-0.2, 0) is 21.4 Å². The highest BCUT2D eigenvalue weighted by Crippen LogP contribution is 2.29. The first-order valence-electron chi connectivity index (χ1n) is 8.36. The van der Waals surface area contributed by atoms with Crippen molar-refractivity contribution in [3.05, 3.63) is 65.2 Å². The molecule has 3 rings (SSSR count). The fourth-order valence-electron chi connectivity index (χ4n) is 2.87. The lowest BCUT2D eigenvalue weighted by atomic mass is 10.0. The molecule has 6 nitrogen and oxygen atoms in total. The molecule has 0 spiro atoms. The number of sulfonamides is 1. The Kier molecular flexibility index (Phi) is 4.82. The van der Waals surface area contributed by atoms with E-state index in [0.29, 0.717) is 17.7 Å². The molecular formula is C19H20N2O4S. The molecule has 136 valence electrons. The lowest BCUT2D eigenvalue weighted by Gasteiger charge is -2.17. The number of amides is 2. The SMILES string of the molecule is CCS(=O)(=O)NC(=O)C(C)c1ccc(N2Cc3ccccc3C2=O)cc1. The normalized spacial score (nSPS) is 14.8. The topological polar surface area (TPSA) is 83.6 Å². The lowest BCUT2D eigenvalue weighted by Crippen LogP contribution is -2.34. The molecule has 26 heavy (non-hydrogen) atoms. The smallest absolute Gasteiger partial charge is 0.258 e. The zero-order chi connectivity index (χ0) is 18.9. The van der Waals surface area contributed by atoms with E-state index in [2.05, 4.69) is 4.72 Å². The molecule has 2 aromatic rings. The minimum Gasteiger partial charge on any atom is -0.304 e. The van der Waals surface area contributed by atoms with Gasteiger partial charge in [0.25, 0.3) is 5.91 Å². The first-order valence-corrected chi connectivity index (χ1v) is 10.0. The fourth-order valence-corrected chi connectivity index (χ4v) is 3.50. The molecule has 1 aliphatic heterocycles. The van der Waals surface area contributed by atoms with Crippen LogP contribution in [0.25, 0.3) is 0 Å². The van der Waals surface area contributed by atoms with Crippen molar-refractivity contribution >= 4 is 27.5 Å². The van der Waals surface area contributed by atoms with Gasteiger partial charge in [0.15, 0.2) is 0 Å². The summed E-state index contributed by atoms with van der Waals surface area (Å²) in [6, 6.07) is 14.5. The predicted molar refractivity (Wildman–Crippen MR) is 99.4 cm³/mol. The van der Waals surface area contributed by atoms with E-state index in [9.17, 15) is 18.0 Å². The van der Waals surface area contributed by atoms with Crippen molar-refractivity contribution in [2.24, 2.45) is 0 Å². The summed E-state index contributed by atoms with van der Waals surface area (Å²) in [5.41, 5.74) is 3.11. The molecule has 0 saturated carbocycles. The van der Waals surface area contributed by atoms with Crippen LogP contribution in [0.2, 0.25) is 0 Å². The monoisotopic (exact) mass is 372 g/mol. The van der Waals surface area contributed by atoms with Crippen LogP contribution in [0.1, 0.15) is 41.3 Å². The maximum Gasteiger partial charge on any atom is 0.258 e. The first kappa shape index (κ1) is 18.1. The molecule has 1 unspecified atom stereocenters. The quantitative estimate of drug-likeness (QED) is 0.874. The fraction of sp³-hybridized carbons (Fsp3) is 0.263. The van der Waals surface area contributed by atoms with Crippen molar-refractivity contribution in [1.29, 1.82) is 0 Å². The molecule has 7 heteroatoms. The summed E-state index contributed by atoms with van der Waals surface area (Å²) in [6.07, 6.45) is 0. The number of hydrogen-bond donors (Lipinski definition) is 1. The number of benzene rings is 2. The second-order valence-electron chi connectivity index (χ2n) is 6.23. The second-order valence-corrected chi connectivity index (χ2v) is 8.24. The highest BCUT2D eigenvalue weighted by atomic mass is 32.2. The Balaban J connectivity index is 1.75. The predicted octanol–water partition coefficient (Wildman–Crippen LogP) is 2.42. The largest absolute Gasteiger partial charge is 0.304 e. The van der Waals surface area contributed by atoms with Crippen LogP contribution >= 0.6 is 0 Å². The van der Waals surface area contributed by atoms with Crippen molar-refractivity contribution in [3.63, 3.8) is 0 Å². The third kappa shape index (κ3) is 3.48. The van der Waals surface area contributed by atoms with Crippen LogP contribution in [0, 0.1) is 0 Å². The number of anilines is 1. The Bertz CT molecular complexity index is 952. The summed E-state index contributed by atoms with van der Waals surface area (Å²) in [4.78, 5) is 26.3. The maximum absolute atomic E-state index is 12.5. The molecule has 0 aromatic heterocycles. The summed E-state index contributed by atoms with van der Waals surface area (Å²) in [6.45, 7) is 3.63. The van der Waals surface area contributed by atoms with Crippen LogP contribution in [0.4, 0.5) is 5.69 Å². The lowest BCUT2D eigenvalue weighted by molar-refractivity contribution is -0.120. The van der Waals surface area contributed by atoms with Crippen molar-refractivity contribution in [3.8, 4) is 0 Å². The van der Waals surface area contributed by atoms with Gasteiger partial charge in [0.2, 0.25) is 15.9 Å². The van der Waals surface area contributed by atoms with E-state index >= 15 is 0 Å². The van der Waals surface area contributed by atoms with Gasteiger partial charge in [-0.05, 0) is 43.2 Å². The number of fused-ring (bicyclic) bond motifs is 1. The van der Waals surface area contributed by atoms with Crippen LogP contribution in [0.15, 0.2) is 48.5 Å². The van der Waals surface area contributed by atoms with Crippen LogP contribution in [-0.4, -0.2) is 26.0 Å². The summed E-state index contributed by atoms with van der Waals surface area (Å²) in [5.74, 6) is -1.38. The Morgan fingerprint density at radius 1 is 1.15 bits per heavy atom. The molecule has 0 saturated heterocycles. The number of nitrogens with one attached hydrogen (secondary N) is 1. The standard InChI is InChI=1S/C19H20N2O4S/c1-3-26(24,25)20-18(22)13(2)14-8-10-16(11-9-14)21-12-15-6-4-5-7-17(15)19(21)23/h4-11,13H,3,12H2,1-2H3,(H,20,22). The van der Waals surface area contributed by atoms with Gasteiger partial charge in [-0.2, -0.15) is 0 Å². The van der Waals surface area contributed by atoms with Gasteiger partial charge in [0.1, 0.15) is 0 Å². The number of hydrogen-bond acceptors (Lipinski definition) is 4. The zero-order valence-corrected chi connectivity index (χ0v) is 15.4. The molecule has 0 radical (unpaired) electrons. The number of rotatable bonds is 5. The average molecular weight is 372 g/mol. The Morgan fingerprint density at radius 3 is 2.42 bits per heavy atom. The number of carbonyl (C=O) groups is 2. The highest BCUT2D eigenvalue weighted by Gasteiger charge is 2.28. The van der Waals surface area contributed by atoms with E-state index in [1.54, 1.807) is 36.1 Å². The molecule has 0 aliphatic carbocycles. The Morgan fingerprint density at radius 2 is 1.81 bits per heavy atom. The van der Waals surface area contributed by atoms with Gasteiger partial charge in [-0.15, -0.1) is 0 Å². The van der Waals surface area contributed by atoms with Gasteiger partial charge >= 0.3 is 0 Å². The van der Waals surface area contributed by atoms with Crippen molar-refractivity contribution < 1.29 is 18.0 Å². The third-order valence-electron chi connectivity index (χ3n) is 4.56. The van der Waals surface area contributed by atoms with Crippen LogP contribution in [0.5, 0.6) is 0 Å². The maximum atomic E-state index is 12.5. The van der Waals surface area contributed by atoms with Crippen molar-refractivity contribution in [1.82, 2.24) is 4.72 Å². The van der Waals surface area contributed by atoms with Crippen LogP contribution < -0.4 is 9.62 Å². The minimum absolute atomic E-state index is 0.0480. The van der Waals surface area contributed by atoms with Crippen molar-refractivity contribution in [2.45, 2.75) is 26.3 Å². The summed E-state index contributed by atoms with van der Waals surface area (Å²) in [5, 5.41) is 0. The van der Waals surface area contributed by atoms with Gasteiger partial charge in [0, 0.05) is 11.3 Å².